The van der Waals surface area contributed by atoms with Crippen LogP contribution in [0.1, 0.15) is 33.6 Å². The van der Waals surface area contributed by atoms with E-state index in [0.29, 0.717) is 31.5 Å². The molecule has 0 amide bonds. The van der Waals surface area contributed by atoms with Crippen molar-refractivity contribution in [3.05, 3.63) is 30.1 Å². The number of likely N-dealkylation sites (N-methyl/N-ethyl adjacent to an activating group) is 1. The zero-order valence-corrected chi connectivity index (χ0v) is 16.5. The number of rotatable bonds is 11. The van der Waals surface area contributed by atoms with Gasteiger partial charge in [0.05, 0.1) is 6.54 Å². The maximum atomic E-state index is 13.6. The number of benzene rings is 1. The normalized spacial score (nSPS) is 13.0. The Morgan fingerprint density at radius 2 is 2.08 bits per heavy atom. The van der Waals surface area contributed by atoms with Gasteiger partial charge in [-0.1, -0.05) is 26.0 Å². The number of nitrogens with zero attached hydrogens (tertiary/aromatic N) is 2. The number of halogens is 1. The molecule has 1 rings (SSSR count). The number of aliphatic imine (C=N–C) groups is 1. The number of ether oxygens (including phenoxy) is 1. The van der Waals surface area contributed by atoms with E-state index in [1.807, 2.05) is 18.9 Å². The highest BCUT2D eigenvalue weighted by Gasteiger charge is 2.12. The van der Waals surface area contributed by atoms with Crippen molar-refractivity contribution in [2.24, 2.45) is 16.8 Å². The molecule has 0 fully saturated rings. The van der Waals surface area contributed by atoms with Crippen molar-refractivity contribution in [1.29, 1.82) is 0 Å². The molecule has 6 heteroatoms. The van der Waals surface area contributed by atoms with Crippen LogP contribution >= 0.6 is 0 Å². The Morgan fingerprint density at radius 3 is 2.69 bits per heavy atom. The van der Waals surface area contributed by atoms with E-state index in [2.05, 4.69) is 19.2 Å². The Labute approximate surface area is 157 Å². The SMILES string of the molecule is CCNC(=NCC(CCO)CC(C)C)N(C)CCOc1ccccc1F. The number of hydrogen-bond acceptors (Lipinski definition) is 3. The number of para-hydroxylation sites is 1. The lowest BCUT2D eigenvalue weighted by atomic mass is 9.94. The highest BCUT2D eigenvalue weighted by atomic mass is 19.1. The zero-order valence-electron chi connectivity index (χ0n) is 16.5. The minimum absolute atomic E-state index is 0.190. The second-order valence-corrected chi connectivity index (χ2v) is 6.90. The fourth-order valence-electron chi connectivity index (χ4n) is 2.78. The molecule has 0 aromatic heterocycles. The first-order chi connectivity index (χ1) is 12.5. The molecule has 0 spiro atoms. The summed E-state index contributed by atoms with van der Waals surface area (Å²) in [7, 11) is 1.94. The lowest BCUT2D eigenvalue weighted by Crippen LogP contribution is -2.41. The van der Waals surface area contributed by atoms with Gasteiger partial charge in [0, 0.05) is 26.7 Å². The van der Waals surface area contributed by atoms with Gasteiger partial charge in [0.15, 0.2) is 17.5 Å². The van der Waals surface area contributed by atoms with Crippen molar-refractivity contribution in [3.8, 4) is 5.75 Å². The average Bonchev–Trinajstić information content (AvgIpc) is 2.59. The van der Waals surface area contributed by atoms with Crippen molar-refractivity contribution < 1.29 is 14.2 Å². The van der Waals surface area contributed by atoms with Crippen LogP contribution in [0.5, 0.6) is 5.75 Å². The fourth-order valence-corrected chi connectivity index (χ4v) is 2.78. The van der Waals surface area contributed by atoms with Crippen LogP contribution in [0.2, 0.25) is 0 Å². The zero-order chi connectivity index (χ0) is 19.4. The third kappa shape index (κ3) is 8.52. The number of guanidine groups is 1. The number of aliphatic hydroxyl groups excluding tert-OH is 1. The van der Waals surface area contributed by atoms with Crippen molar-refractivity contribution in [1.82, 2.24) is 10.2 Å². The topological polar surface area (TPSA) is 57.1 Å². The highest BCUT2D eigenvalue weighted by molar-refractivity contribution is 5.79. The van der Waals surface area contributed by atoms with Crippen LogP contribution in [-0.2, 0) is 0 Å². The van der Waals surface area contributed by atoms with E-state index in [1.54, 1.807) is 18.2 Å². The monoisotopic (exact) mass is 367 g/mol. The van der Waals surface area contributed by atoms with Crippen LogP contribution in [0.4, 0.5) is 4.39 Å². The molecule has 0 aliphatic carbocycles. The van der Waals surface area contributed by atoms with Gasteiger partial charge in [-0.2, -0.15) is 0 Å². The first-order valence-electron chi connectivity index (χ1n) is 9.45. The van der Waals surface area contributed by atoms with Crippen LogP contribution < -0.4 is 10.1 Å². The summed E-state index contributed by atoms with van der Waals surface area (Å²) in [6.07, 6.45) is 1.81. The van der Waals surface area contributed by atoms with Gasteiger partial charge in [0.1, 0.15) is 6.61 Å². The lowest BCUT2D eigenvalue weighted by molar-refractivity contribution is 0.245. The molecule has 0 saturated carbocycles. The molecule has 0 bridgehead atoms. The van der Waals surface area contributed by atoms with E-state index in [9.17, 15) is 9.50 Å². The quantitative estimate of drug-likeness (QED) is 0.466. The Morgan fingerprint density at radius 1 is 1.35 bits per heavy atom. The summed E-state index contributed by atoms with van der Waals surface area (Å²) >= 11 is 0. The van der Waals surface area contributed by atoms with Gasteiger partial charge in [-0.05, 0) is 43.7 Å². The second kappa shape index (κ2) is 12.5. The fraction of sp³-hybridized carbons (Fsp3) is 0.650. The summed E-state index contributed by atoms with van der Waals surface area (Å²) in [5, 5.41) is 12.5. The predicted molar refractivity (Wildman–Crippen MR) is 105 cm³/mol. The van der Waals surface area contributed by atoms with Crippen LogP contribution in [0.25, 0.3) is 0 Å². The van der Waals surface area contributed by atoms with E-state index in [4.69, 9.17) is 9.73 Å². The Balaban J connectivity index is 2.58. The van der Waals surface area contributed by atoms with Gasteiger partial charge in [-0.3, -0.25) is 4.99 Å². The molecule has 0 aliphatic rings. The van der Waals surface area contributed by atoms with E-state index in [1.165, 1.54) is 6.07 Å². The van der Waals surface area contributed by atoms with E-state index < -0.39 is 0 Å². The molecule has 1 aromatic rings. The standard InChI is InChI=1S/C20H34FN3O2/c1-5-22-20(23-15-17(10-12-25)14-16(2)3)24(4)11-13-26-19-9-7-6-8-18(19)21/h6-9,16-17,25H,5,10-15H2,1-4H3,(H,22,23). The molecule has 0 heterocycles. The number of aliphatic hydroxyl groups is 1. The highest BCUT2D eigenvalue weighted by Crippen LogP contribution is 2.16. The summed E-state index contributed by atoms with van der Waals surface area (Å²) in [6.45, 7) is 9.00. The van der Waals surface area contributed by atoms with Crippen LogP contribution in [0.3, 0.4) is 0 Å². The van der Waals surface area contributed by atoms with E-state index in [0.717, 1.165) is 25.3 Å². The molecule has 1 aromatic carbocycles. The first kappa shape index (κ1) is 22.2. The van der Waals surface area contributed by atoms with Crippen LogP contribution in [0, 0.1) is 17.7 Å². The van der Waals surface area contributed by atoms with Crippen molar-refractivity contribution in [2.45, 2.75) is 33.6 Å². The molecule has 5 nitrogen and oxygen atoms in total. The second-order valence-electron chi connectivity index (χ2n) is 6.90. The molecular formula is C20H34FN3O2. The summed E-state index contributed by atoms with van der Waals surface area (Å²) < 4.78 is 19.1. The predicted octanol–water partition coefficient (Wildman–Crippen LogP) is 3.15. The van der Waals surface area contributed by atoms with Crippen LogP contribution in [-0.4, -0.2) is 55.9 Å². The summed E-state index contributed by atoms with van der Waals surface area (Å²) in [5.74, 6) is 1.67. The van der Waals surface area contributed by atoms with E-state index >= 15 is 0 Å². The summed E-state index contributed by atoms with van der Waals surface area (Å²) in [6, 6.07) is 6.41. The molecule has 1 atom stereocenters. The Kier molecular flexibility index (Phi) is 10.7. The smallest absolute Gasteiger partial charge is 0.193 e. The minimum atomic E-state index is -0.351. The molecular weight excluding hydrogens is 333 g/mol. The number of nitrogens with one attached hydrogen (secondary N) is 1. The Hall–Kier alpha value is -1.82. The number of hydrogen-bond donors (Lipinski definition) is 2. The van der Waals surface area contributed by atoms with Gasteiger partial charge < -0.3 is 20.1 Å². The largest absolute Gasteiger partial charge is 0.489 e. The first-order valence-corrected chi connectivity index (χ1v) is 9.45. The van der Waals surface area contributed by atoms with Gasteiger partial charge in [-0.15, -0.1) is 0 Å². The molecule has 26 heavy (non-hydrogen) atoms. The molecule has 0 aliphatic heterocycles. The van der Waals surface area contributed by atoms with Crippen molar-refractivity contribution >= 4 is 5.96 Å². The van der Waals surface area contributed by atoms with Gasteiger partial charge in [0.2, 0.25) is 0 Å². The molecule has 2 N–H and O–H groups in total. The molecule has 0 radical (unpaired) electrons. The minimum Gasteiger partial charge on any atom is -0.489 e. The molecule has 148 valence electrons. The van der Waals surface area contributed by atoms with Crippen molar-refractivity contribution in [2.75, 3.05) is 39.9 Å². The van der Waals surface area contributed by atoms with E-state index in [-0.39, 0.29) is 18.2 Å². The Bertz CT molecular complexity index is 538. The summed E-state index contributed by atoms with van der Waals surface area (Å²) in [4.78, 5) is 6.70. The van der Waals surface area contributed by atoms with Crippen molar-refractivity contribution in [3.63, 3.8) is 0 Å². The summed E-state index contributed by atoms with van der Waals surface area (Å²) in [5.41, 5.74) is 0. The molecule has 1 unspecified atom stereocenters. The molecule has 0 saturated heterocycles. The third-order valence-electron chi connectivity index (χ3n) is 4.06. The maximum absolute atomic E-state index is 13.6. The van der Waals surface area contributed by atoms with Gasteiger partial charge in [-0.25, -0.2) is 4.39 Å². The average molecular weight is 368 g/mol. The lowest BCUT2D eigenvalue weighted by Gasteiger charge is -2.23. The maximum Gasteiger partial charge on any atom is 0.193 e. The van der Waals surface area contributed by atoms with Gasteiger partial charge in [0.25, 0.3) is 0 Å². The van der Waals surface area contributed by atoms with Crippen LogP contribution in [0.15, 0.2) is 29.3 Å². The van der Waals surface area contributed by atoms with Gasteiger partial charge >= 0.3 is 0 Å². The third-order valence-corrected chi connectivity index (χ3v) is 4.06.